The van der Waals surface area contributed by atoms with Crippen LogP contribution in [0.25, 0.3) is 0 Å². The summed E-state index contributed by atoms with van der Waals surface area (Å²) in [5.41, 5.74) is 6.02. The lowest BCUT2D eigenvalue weighted by Gasteiger charge is -2.54. The molecule has 0 heterocycles. The third-order valence-corrected chi connectivity index (χ3v) is 6.42. The summed E-state index contributed by atoms with van der Waals surface area (Å²) in [7, 11) is 0. The Morgan fingerprint density at radius 1 is 1.05 bits per heavy atom. The van der Waals surface area contributed by atoms with E-state index < -0.39 is 0 Å². The van der Waals surface area contributed by atoms with E-state index in [1.165, 1.54) is 38.5 Å². The van der Waals surface area contributed by atoms with Crippen LogP contribution < -0.4 is 11.1 Å². The zero-order chi connectivity index (χ0) is 13.0. The zero-order valence-electron chi connectivity index (χ0n) is 11.7. The van der Waals surface area contributed by atoms with Crippen molar-refractivity contribution in [3.8, 4) is 0 Å². The van der Waals surface area contributed by atoms with E-state index in [0.717, 1.165) is 36.5 Å². The molecule has 1 amide bonds. The van der Waals surface area contributed by atoms with E-state index in [1.807, 2.05) is 0 Å². The van der Waals surface area contributed by atoms with Crippen LogP contribution in [0, 0.1) is 23.7 Å². The number of carbonyl (C=O) groups is 1. The third-order valence-electron chi connectivity index (χ3n) is 6.42. The Morgan fingerprint density at radius 3 is 2.11 bits per heavy atom. The summed E-state index contributed by atoms with van der Waals surface area (Å²) in [4.78, 5) is 12.3. The Labute approximate surface area is 115 Å². The molecular formula is C16H26N2O. The van der Waals surface area contributed by atoms with Crippen LogP contribution in [-0.4, -0.2) is 17.5 Å². The molecule has 3 N–H and O–H groups in total. The number of nitrogens with one attached hydrogen (secondary N) is 1. The van der Waals surface area contributed by atoms with Gasteiger partial charge >= 0.3 is 0 Å². The SMILES string of the molecule is NC1(CC(=O)NC2C3CC4CC(C3)CC2C4)CCC1. The molecule has 0 spiro atoms. The smallest absolute Gasteiger partial charge is 0.222 e. The quantitative estimate of drug-likeness (QED) is 0.819. The van der Waals surface area contributed by atoms with E-state index in [1.54, 1.807) is 0 Å². The molecule has 5 saturated carbocycles. The van der Waals surface area contributed by atoms with Crippen molar-refractivity contribution in [1.29, 1.82) is 0 Å². The molecule has 0 saturated heterocycles. The fourth-order valence-electron chi connectivity index (χ4n) is 5.53. The number of carbonyl (C=O) groups excluding carboxylic acids is 1. The van der Waals surface area contributed by atoms with Crippen LogP contribution in [-0.2, 0) is 4.79 Å². The number of hydrogen-bond acceptors (Lipinski definition) is 2. The van der Waals surface area contributed by atoms with Crippen molar-refractivity contribution >= 4 is 5.91 Å². The van der Waals surface area contributed by atoms with Gasteiger partial charge in [0.15, 0.2) is 0 Å². The molecule has 19 heavy (non-hydrogen) atoms. The van der Waals surface area contributed by atoms with Crippen molar-refractivity contribution in [2.75, 3.05) is 0 Å². The average molecular weight is 262 g/mol. The second-order valence-corrected chi connectivity index (χ2v) is 7.92. The summed E-state index contributed by atoms with van der Waals surface area (Å²) >= 11 is 0. The predicted octanol–water partition coefficient (Wildman–Crippen LogP) is 2.20. The predicted molar refractivity (Wildman–Crippen MR) is 74.4 cm³/mol. The minimum atomic E-state index is -0.171. The zero-order valence-corrected chi connectivity index (χ0v) is 11.7. The van der Waals surface area contributed by atoms with Crippen molar-refractivity contribution in [1.82, 2.24) is 5.32 Å². The first-order valence-electron chi connectivity index (χ1n) is 8.19. The van der Waals surface area contributed by atoms with Crippen LogP contribution in [0.3, 0.4) is 0 Å². The van der Waals surface area contributed by atoms with Crippen LogP contribution in [0.5, 0.6) is 0 Å². The molecule has 106 valence electrons. The second kappa shape index (κ2) is 4.21. The van der Waals surface area contributed by atoms with Gasteiger partial charge in [0, 0.05) is 18.0 Å². The summed E-state index contributed by atoms with van der Waals surface area (Å²) in [6.45, 7) is 0. The topological polar surface area (TPSA) is 55.1 Å². The van der Waals surface area contributed by atoms with Gasteiger partial charge in [-0.2, -0.15) is 0 Å². The average Bonchev–Trinajstić information content (AvgIpc) is 2.31. The summed E-state index contributed by atoms with van der Waals surface area (Å²) < 4.78 is 0. The molecule has 5 aliphatic carbocycles. The van der Waals surface area contributed by atoms with E-state index in [4.69, 9.17) is 5.73 Å². The molecule has 5 fully saturated rings. The molecule has 5 rings (SSSR count). The van der Waals surface area contributed by atoms with Crippen LogP contribution in [0.4, 0.5) is 0 Å². The molecule has 0 aliphatic heterocycles. The van der Waals surface area contributed by atoms with Gasteiger partial charge in [-0.1, -0.05) is 0 Å². The Bertz CT molecular complexity index is 360. The largest absolute Gasteiger partial charge is 0.353 e. The Balaban J connectivity index is 1.38. The van der Waals surface area contributed by atoms with E-state index in [0.29, 0.717) is 12.5 Å². The lowest BCUT2D eigenvalue weighted by atomic mass is 9.54. The lowest BCUT2D eigenvalue weighted by molar-refractivity contribution is -0.127. The van der Waals surface area contributed by atoms with Crippen LogP contribution >= 0.6 is 0 Å². The van der Waals surface area contributed by atoms with Crippen molar-refractivity contribution in [2.45, 2.75) is 69.4 Å². The highest BCUT2D eigenvalue weighted by atomic mass is 16.1. The molecule has 3 nitrogen and oxygen atoms in total. The summed E-state index contributed by atoms with van der Waals surface area (Å²) in [6, 6.07) is 0.476. The van der Waals surface area contributed by atoms with E-state index >= 15 is 0 Å². The van der Waals surface area contributed by atoms with E-state index in [-0.39, 0.29) is 11.4 Å². The fourth-order valence-corrected chi connectivity index (χ4v) is 5.53. The Kier molecular flexibility index (Phi) is 2.70. The highest BCUT2D eigenvalue weighted by Crippen LogP contribution is 2.53. The van der Waals surface area contributed by atoms with Gasteiger partial charge in [0.05, 0.1) is 0 Å². The molecule has 5 aliphatic rings. The molecule has 0 radical (unpaired) electrons. The molecule has 0 atom stereocenters. The number of hydrogen-bond donors (Lipinski definition) is 2. The minimum absolute atomic E-state index is 0.171. The molecule has 0 aromatic heterocycles. The summed E-state index contributed by atoms with van der Waals surface area (Å²) in [5.74, 6) is 3.72. The standard InChI is InChI=1S/C16H26N2O/c17-16(2-1-3-16)9-14(19)18-15-12-5-10-4-11(7-12)8-13(15)6-10/h10-13,15H,1-9,17H2,(H,18,19). The van der Waals surface area contributed by atoms with E-state index in [2.05, 4.69) is 5.32 Å². The van der Waals surface area contributed by atoms with Crippen molar-refractivity contribution in [2.24, 2.45) is 29.4 Å². The first-order chi connectivity index (χ1) is 9.11. The van der Waals surface area contributed by atoms with Crippen LogP contribution in [0.2, 0.25) is 0 Å². The summed E-state index contributed by atoms with van der Waals surface area (Å²) in [5, 5.41) is 3.37. The molecule has 4 bridgehead atoms. The first kappa shape index (κ1) is 12.2. The van der Waals surface area contributed by atoms with Gasteiger partial charge in [-0.15, -0.1) is 0 Å². The maximum atomic E-state index is 12.3. The van der Waals surface area contributed by atoms with Gasteiger partial charge in [-0.05, 0) is 75.0 Å². The van der Waals surface area contributed by atoms with Gasteiger partial charge in [0.2, 0.25) is 5.91 Å². The van der Waals surface area contributed by atoms with Crippen molar-refractivity contribution in [3.63, 3.8) is 0 Å². The van der Waals surface area contributed by atoms with Crippen molar-refractivity contribution < 1.29 is 4.79 Å². The Hall–Kier alpha value is -0.570. The highest BCUT2D eigenvalue weighted by molar-refractivity contribution is 5.77. The minimum Gasteiger partial charge on any atom is -0.353 e. The number of rotatable bonds is 3. The molecular weight excluding hydrogens is 236 g/mol. The van der Waals surface area contributed by atoms with Gasteiger partial charge in [-0.25, -0.2) is 0 Å². The van der Waals surface area contributed by atoms with Crippen LogP contribution in [0.1, 0.15) is 57.8 Å². The summed E-state index contributed by atoms with van der Waals surface area (Å²) in [6.07, 6.45) is 10.7. The number of amides is 1. The number of nitrogens with two attached hydrogens (primary N) is 1. The van der Waals surface area contributed by atoms with Gasteiger partial charge < -0.3 is 11.1 Å². The monoisotopic (exact) mass is 262 g/mol. The fraction of sp³-hybridized carbons (Fsp3) is 0.938. The van der Waals surface area contributed by atoms with Crippen molar-refractivity contribution in [3.05, 3.63) is 0 Å². The normalized spacial score (nSPS) is 45.8. The molecule has 0 unspecified atom stereocenters. The Morgan fingerprint density at radius 2 is 1.63 bits per heavy atom. The van der Waals surface area contributed by atoms with Gasteiger partial charge in [0.1, 0.15) is 0 Å². The molecule has 3 heteroatoms. The van der Waals surface area contributed by atoms with Crippen LogP contribution in [0.15, 0.2) is 0 Å². The first-order valence-corrected chi connectivity index (χ1v) is 8.19. The molecule has 0 aromatic carbocycles. The third kappa shape index (κ3) is 2.10. The maximum Gasteiger partial charge on any atom is 0.222 e. The maximum absolute atomic E-state index is 12.3. The van der Waals surface area contributed by atoms with E-state index in [9.17, 15) is 4.79 Å². The molecule has 0 aromatic rings. The van der Waals surface area contributed by atoms with Gasteiger partial charge in [0.25, 0.3) is 0 Å². The second-order valence-electron chi connectivity index (χ2n) is 7.92. The van der Waals surface area contributed by atoms with Gasteiger partial charge in [-0.3, -0.25) is 4.79 Å². The highest BCUT2D eigenvalue weighted by Gasteiger charge is 2.49. The lowest BCUT2D eigenvalue weighted by Crippen LogP contribution is -2.57.